The molecule has 2 aliphatic carbocycles. The third kappa shape index (κ3) is 3.28. The van der Waals surface area contributed by atoms with E-state index in [0.29, 0.717) is 17.0 Å². The van der Waals surface area contributed by atoms with E-state index in [1.165, 1.54) is 25.7 Å². The summed E-state index contributed by atoms with van der Waals surface area (Å²) < 4.78 is 0. The number of nitrogens with one attached hydrogen (secondary N) is 2. The van der Waals surface area contributed by atoms with Crippen molar-refractivity contribution in [1.82, 2.24) is 5.32 Å². The van der Waals surface area contributed by atoms with Gasteiger partial charge in [-0.15, -0.1) is 0 Å². The van der Waals surface area contributed by atoms with Crippen LogP contribution in [0.3, 0.4) is 0 Å². The molecule has 2 fully saturated rings. The van der Waals surface area contributed by atoms with Crippen molar-refractivity contribution in [2.24, 2.45) is 11.3 Å². The van der Waals surface area contributed by atoms with Gasteiger partial charge in [0.25, 0.3) is 0 Å². The summed E-state index contributed by atoms with van der Waals surface area (Å²) in [6.45, 7) is 1.38. The SMILES string of the molecule is O=C(CNCC1(C2CC2)CC1)Nc1ccc(Cl)cc1. The maximum Gasteiger partial charge on any atom is 0.238 e. The van der Waals surface area contributed by atoms with Gasteiger partial charge in [-0.25, -0.2) is 0 Å². The van der Waals surface area contributed by atoms with Gasteiger partial charge in [-0.05, 0) is 61.3 Å². The van der Waals surface area contributed by atoms with Crippen LogP contribution in [0.25, 0.3) is 0 Å². The third-order valence-electron chi connectivity index (χ3n) is 4.23. The molecular weight excluding hydrogens is 260 g/mol. The molecule has 3 rings (SSSR count). The third-order valence-corrected chi connectivity index (χ3v) is 4.48. The minimum Gasteiger partial charge on any atom is -0.325 e. The first kappa shape index (κ1) is 12.9. The molecule has 0 radical (unpaired) electrons. The van der Waals surface area contributed by atoms with E-state index < -0.39 is 0 Å². The first-order chi connectivity index (χ1) is 9.18. The van der Waals surface area contributed by atoms with Gasteiger partial charge in [0.2, 0.25) is 5.91 Å². The molecule has 0 aliphatic heterocycles. The smallest absolute Gasteiger partial charge is 0.238 e. The lowest BCUT2D eigenvalue weighted by Crippen LogP contribution is -2.33. The van der Waals surface area contributed by atoms with Crippen LogP contribution in [0.5, 0.6) is 0 Å². The molecule has 2 aliphatic rings. The second kappa shape index (κ2) is 5.14. The topological polar surface area (TPSA) is 41.1 Å². The van der Waals surface area contributed by atoms with Crippen molar-refractivity contribution >= 4 is 23.2 Å². The molecule has 4 heteroatoms. The van der Waals surface area contributed by atoms with E-state index in [-0.39, 0.29) is 5.91 Å². The minimum atomic E-state index is 0.00826. The van der Waals surface area contributed by atoms with Crippen LogP contribution in [0.15, 0.2) is 24.3 Å². The molecule has 2 N–H and O–H groups in total. The monoisotopic (exact) mass is 278 g/mol. The second-order valence-electron chi connectivity index (χ2n) is 5.80. The van der Waals surface area contributed by atoms with Crippen molar-refractivity contribution < 1.29 is 4.79 Å². The summed E-state index contributed by atoms with van der Waals surface area (Å²) in [5.74, 6) is 0.938. The lowest BCUT2D eigenvalue weighted by Gasteiger charge is -2.14. The quantitative estimate of drug-likeness (QED) is 0.840. The van der Waals surface area contributed by atoms with E-state index in [0.717, 1.165) is 18.2 Å². The van der Waals surface area contributed by atoms with Gasteiger partial charge in [0.1, 0.15) is 0 Å². The van der Waals surface area contributed by atoms with Gasteiger partial charge in [0.05, 0.1) is 6.54 Å². The molecule has 102 valence electrons. The number of amides is 1. The number of rotatable bonds is 6. The molecule has 0 atom stereocenters. The highest BCUT2D eigenvalue weighted by Crippen LogP contribution is 2.60. The minimum absolute atomic E-state index is 0.00826. The van der Waals surface area contributed by atoms with Gasteiger partial charge in [-0.2, -0.15) is 0 Å². The van der Waals surface area contributed by atoms with Gasteiger partial charge >= 0.3 is 0 Å². The molecule has 0 heterocycles. The highest BCUT2D eigenvalue weighted by Gasteiger charge is 2.53. The molecule has 19 heavy (non-hydrogen) atoms. The second-order valence-corrected chi connectivity index (χ2v) is 6.23. The average molecular weight is 279 g/mol. The Labute approximate surface area is 118 Å². The summed E-state index contributed by atoms with van der Waals surface area (Å²) in [7, 11) is 0. The van der Waals surface area contributed by atoms with Crippen molar-refractivity contribution in [3.63, 3.8) is 0 Å². The highest BCUT2D eigenvalue weighted by atomic mass is 35.5. The number of hydrogen-bond acceptors (Lipinski definition) is 2. The Hall–Kier alpha value is -1.06. The number of carbonyl (C=O) groups excluding carboxylic acids is 1. The summed E-state index contributed by atoms with van der Waals surface area (Å²) in [4.78, 5) is 11.8. The highest BCUT2D eigenvalue weighted by molar-refractivity contribution is 6.30. The molecule has 1 aromatic carbocycles. The zero-order valence-corrected chi connectivity index (χ0v) is 11.7. The number of halogens is 1. The van der Waals surface area contributed by atoms with Gasteiger partial charge < -0.3 is 10.6 Å². The first-order valence-electron chi connectivity index (χ1n) is 6.94. The van der Waals surface area contributed by atoms with Crippen LogP contribution in [-0.4, -0.2) is 19.0 Å². The largest absolute Gasteiger partial charge is 0.325 e. The van der Waals surface area contributed by atoms with Gasteiger partial charge in [-0.1, -0.05) is 11.6 Å². The molecule has 0 spiro atoms. The Morgan fingerprint density at radius 1 is 1.26 bits per heavy atom. The van der Waals surface area contributed by atoms with E-state index in [2.05, 4.69) is 10.6 Å². The molecule has 0 aromatic heterocycles. The van der Waals surface area contributed by atoms with Crippen LogP contribution in [0, 0.1) is 11.3 Å². The van der Waals surface area contributed by atoms with Crippen molar-refractivity contribution in [3.05, 3.63) is 29.3 Å². The Balaban J connectivity index is 1.40. The number of carbonyl (C=O) groups is 1. The fourth-order valence-electron chi connectivity index (χ4n) is 2.75. The van der Waals surface area contributed by atoms with Gasteiger partial charge in [0.15, 0.2) is 0 Å². The summed E-state index contributed by atoms with van der Waals surface area (Å²) in [5.41, 5.74) is 1.33. The number of anilines is 1. The van der Waals surface area contributed by atoms with E-state index in [1.54, 1.807) is 12.1 Å². The lowest BCUT2D eigenvalue weighted by molar-refractivity contribution is -0.115. The van der Waals surface area contributed by atoms with E-state index in [4.69, 9.17) is 11.6 Å². The Morgan fingerprint density at radius 2 is 1.95 bits per heavy atom. The summed E-state index contributed by atoms with van der Waals surface area (Å²) in [5, 5.41) is 6.84. The molecule has 1 aromatic rings. The predicted molar refractivity (Wildman–Crippen MR) is 77.3 cm³/mol. The Kier molecular flexibility index (Phi) is 3.50. The first-order valence-corrected chi connectivity index (χ1v) is 7.32. The molecule has 2 saturated carbocycles. The average Bonchev–Trinajstić information content (AvgIpc) is 3.25. The maximum atomic E-state index is 11.8. The summed E-state index contributed by atoms with van der Waals surface area (Å²) in [6.07, 6.45) is 5.45. The van der Waals surface area contributed by atoms with Crippen LogP contribution >= 0.6 is 11.6 Å². The van der Waals surface area contributed by atoms with Crippen LogP contribution in [-0.2, 0) is 4.79 Å². The maximum absolute atomic E-state index is 11.8. The van der Waals surface area contributed by atoms with Crippen LogP contribution < -0.4 is 10.6 Å². The number of benzene rings is 1. The fraction of sp³-hybridized carbons (Fsp3) is 0.533. The van der Waals surface area contributed by atoms with Crippen molar-refractivity contribution in [2.75, 3.05) is 18.4 Å². The standard InChI is InChI=1S/C15H19ClN2O/c16-12-3-5-13(6-4-12)18-14(19)9-17-10-15(7-8-15)11-1-2-11/h3-6,11,17H,1-2,7-10H2,(H,18,19). The summed E-state index contributed by atoms with van der Waals surface area (Å²) in [6, 6.07) is 7.17. The Bertz CT molecular complexity index is 464. The molecule has 3 nitrogen and oxygen atoms in total. The zero-order chi connectivity index (χ0) is 13.3. The van der Waals surface area contributed by atoms with Gasteiger partial charge in [-0.3, -0.25) is 4.79 Å². The van der Waals surface area contributed by atoms with E-state index >= 15 is 0 Å². The summed E-state index contributed by atoms with van der Waals surface area (Å²) >= 11 is 5.80. The number of hydrogen-bond donors (Lipinski definition) is 2. The van der Waals surface area contributed by atoms with E-state index in [1.807, 2.05) is 12.1 Å². The van der Waals surface area contributed by atoms with Crippen molar-refractivity contribution in [1.29, 1.82) is 0 Å². The van der Waals surface area contributed by atoms with Crippen LogP contribution in [0.2, 0.25) is 5.02 Å². The van der Waals surface area contributed by atoms with Gasteiger partial charge in [0, 0.05) is 17.3 Å². The van der Waals surface area contributed by atoms with Crippen LogP contribution in [0.1, 0.15) is 25.7 Å². The molecule has 0 saturated heterocycles. The van der Waals surface area contributed by atoms with Crippen LogP contribution in [0.4, 0.5) is 5.69 Å². The molecule has 1 amide bonds. The zero-order valence-electron chi connectivity index (χ0n) is 10.9. The van der Waals surface area contributed by atoms with Crippen molar-refractivity contribution in [3.8, 4) is 0 Å². The predicted octanol–water partition coefficient (Wildman–Crippen LogP) is 3.06. The molecule has 0 bridgehead atoms. The van der Waals surface area contributed by atoms with E-state index in [9.17, 15) is 4.79 Å². The molecular formula is C15H19ClN2O. The molecule has 0 unspecified atom stereocenters. The normalized spacial score (nSPS) is 20.1. The fourth-order valence-corrected chi connectivity index (χ4v) is 2.87. The van der Waals surface area contributed by atoms with Crippen molar-refractivity contribution in [2.45, 2.75) is 25.7 Å². The Morgan fingerprint density at radius 3 is 2.53 bits per heavy atom. The lowest BCUT2D eigenvalue weighted by atomic mass is 10.0.